The minimum atomic E-state index is 0.325. The van der Waals surface area contributed by atoms with Crippen LogP contribution in [0.15, 0.2) is 6.33 Å². The van der Waals surface area contributed by atoms with Crippen molar-refractivity contribution in [3.05, 3.63) is 17.7 Å². The maximum atomic E-state index is 6.42. The van der Waals surface area contributed by atoms with E-state index < -0.39 is 0 Å². The number of hydrogen-bond donors (Lipinski definition) is 1. The van der Waals surface area contributed by atoms with Crippen molar-refractivity contribution in [1.29, 1.82) is 0 Å². The molecule has 0 radical (unpaired) electrons. The Kier molecular flexibility index (Phi) is 3.69. The highest BCUT2D eigenvalue weighted by Gasteiger charge is 2.22. The number of nitrogens with zero attached hydrogens (tertiary/aromatic N) is 2. The predicted octanol–water partition coefficient (Wildman–Crippen LogP) is 2.67. The molecule has 1 heterocycles. The van der Waals surface area contributed by atoms with Gasteiger partial charge in [0.1, 0.15) is 0 Å². The van der Waals surface area contributed by atoms with E-state index in [1.165, 1.54) is 69.2 Å². The molecule has 0 bridgehead atoms. The molecule has 3 heteroatoms. The van der Waals surface area contributed by atoms with E-state index in [-0.39, 0.29) is 0 Å². The zero-order valence-electron chi connectivity index (χ0n) is 11.3. The molecule has 2 N–H and O–H groups in total. The molecule has 1 unspecified atom stereocenters. The van der Waals surface area contributed by atoms with E-state index in [1.54, 1.807) is 0 Å². The molecule has 0 spiro atoms. The summed E-state index contributed by atoms with van der Waals surface area (Å²) in [5, 5.41) is 0. The number of imidazole rings is 1. The van der Waals surface area contributed by atoms with Crippen LogP contribution in [0.4, 0.5) is 0 Å². The van der Waals surface area contributed by atoms with Crippen molar-refractivity contribution in [3.8, 4) is 0 Å². The number of aryl methyl sites for hydroxylation is 1. The minimum Gasteiger partial charge on any atom is -0.333 e. The molecule has 3 nitrogen and oxygen atoms in total. The summed E-state index contributed by atoms with van der Waals surface area (Å²) >= 11 is 0. The van der Waals surface area contributed by atoms with Gasteiger partial charge in [0.15, 0.2) is 0 Å². The Hall–Kier alpha value is -0.830. The van der Waals surface area contributed by atoms with E-state index in [0.717, 1.165) is 12.5 Å². The van der Waals surface area contributed by atoms with Crippen LogP contribution in [0.2, 0.25) is 0 Å². The zero-order chi connectivity index (χ0) is 12.4. The van der Waals surface area contributed by atoms with Gasteiger partial charge in [-0.2, -0.15) is 0 Å². The Bertz CT molecular complexity index is 390. The Morgan fingerprint density at radius 3 is 2.78 bits per heavy atom. The fourth-order valence-electron chi connectivity index (χ4n) is 3.63. The van der Waals surface area contributed by atoms with Crippen LogP contribution in [-0.4, -0.2) is 15.6 Å². The smallest absolute Gasteiger partial charge is 0.0952 e. The van der Waals surface area contributed by atoms with Gasteiger partial charge < -0.3 is 10.3 Å². The molecule has 0 aliphatic heterocycles. The predicted molar refractivity (Wildman–Crippen MR) is 73.4 cm³/mol. The van der Waals surface area contributed by atoms with Crippen LogP contribution in [0, 0.1) is 5.92 Å². The van der Waals surface area contributed by atoms with E-state index >= 15 is 0 Å². The van der Waals surface area contributed by atoms with Crippen LogP contribution in [0.3, 0.4) is 0 Å². The van der Waals surface area contributed by atoms with Crippen molar-refractivity contribution >= 4 is 0 Å². The highest BCUT2D eigenvalue weighted by Crippen LogP contribution is 2.27. The molecule has 1 atom stereocenters. The molecular weight excluding hydrogens is 222 g/mol. The van der Waals surface area contributed by atoms with Gasteiger partial charge in [-0.15, -0.1) is 0 Å². The lowest BCUT2D eigenvalue weighted by Crippen LogP contribution is -2.36. The summed E-state index contributed by atoms with van der Waals surface area (Å²) in [5.74, 6) is 0.736. The lowest BCUT2D eigenvalue weighted by molar-refractivity contribution is 0.283. The van der Waals surface area contributed by atoms with Gasteiger partial charge in [0.2, 0.25) is 0 Å². The number of nitrogens with two attached hydrogens (primary N) is 1. The van der Waals surface area contributed by atoms with Gasteiger partial charge in [-0.25, -0.2) is 4.98 Å². The van der Waals surface area contributed by atoms with E-state index in [2.05, 4.69) is 9.55 Å². The Labute approximate surface area is 110 Å². The maximum absolute atomic E-state index is 6.42. The van der Waals surface area contributed by atoms with Gasteiger partial charge >= 0.3 is 0 Å². The summed E-state index contributed by atoms with van der Waals surface area (Å²) in [6.07, 6.45) is 13.8. The molecule has 18 heavy (non-hydrogen) atoms. The molecule has 2 aliphatic rings. The summed E-state index contributed by atoms with van der Waals surface area (Å²) in [6.45, 7) is 0.979. The molecule has 0 amide bonds. The monoisotopic (exact) mass is 247 g/mol. The summed E-state index contributed by atoms with van der Waals surface area (Å²) in [7, 11) is 0. The molecule has 1 aromatic heterocycles. The molecule has 0 aromatic carbocycles. The number of fused-ring (bicyclic) bond motifs is 1. The van der Waals surface area contributed by atoms with E-state index in [4.69, 9.17) is 5.73 Å². The van der Waals surface area contributed by atoms with E-state index in [0.29, 0.717) is 6.04 Å². The van der Waals surface area contributed by atoms with Crippen LogP contribution in [-0.2, 0) is 19.4 Å². The molecule has 0 saturated heterocycles. The highest BCUT2D eigenvalue weighted by molar-refractivity contribution is 5.16. The van der Waals surface area contributed by atoms with Crippen molar-refractivity contribution in [2.24, 2.45) is 11.7 Å². The third kappa shape index (κ3) is 2.46. The van der Waals surface area contributed by atoms with Gasteiger partial charge in [-0.3, -0.25) is 0 Å². The summed E-state index contributed by atoms with van der Waals surface area (Å²) in [5.41, 5.74) is 9.22. The first-order valence-corrected chi connectivity index (χ1v) is 7.63. The fourth-order valence-corrected chi connectivity index (χ4v) is 3.63. The third-order valence-corrected chi connectivity index (χ3v) is 4.77. The first-order chi connectivity index (χ1) is 8.84. The average Bonchev–Trinajstić information content (AvgIpc) is 2.83. The second-order valence-electron chi connectivity index (χ2n) is 6.06. The van der Waals surface area contributed by atoms with Gasteiger partial charge in [0.25, 0.3) is 0 Å². The lowest BCUT2D eigenvalue weighted by atomic mass is 9.84. The summed E-state index contributed by atoms with van der Waals surface area (Å²) in [4.78, 5) is 4.56. The first-order valence-electron chi connectivity index (χ1n) is 7.63. The topological polar surface area (TPSA) is 43.8 Å². The van der Waals surface area contributed by atoms with E-state index in [9.17, 15) is 0 Å². The zero-order valence-corrected chi connectivity index (χ0v) is 11.3. The second-order valence-corrected chi connectivity index (χ2v) is 6.06. The van der Waals surface area contributed by atoms with E-state index in [1.807, 2.05) is 6.33 Å². The van der Waals surface area contributed by atoms with Gasteiger partial charge in [-0.05, 0) is 44.4 Å². The van der Waals surface area contributed by atoms with Crippen LogP contribution in [0.25, 0.3) is 0 Å². The van der Waals surface area contributed by atoms with Crippen LogP contribution >= 0.6 is 0 Å². The largest absolute Gasteiger partial charge is 0.333 e. The van der Waals surface area contributed by atoms with Crippen molar-refractivity contribution in [2.45, 2.75) is 70.4 Å². The number of aromatic nitrogens is 2. The SMILES string of the molecule is NC(Cn1cnc2c1CCCC2)C1CCCCC1. The van der Waals surface area contributed by atoms with Crippen LogP contribution in [0.1, 0.15) is 56.3 Å². The molecule has 1 saturated carbocycles. The molecule has 3 rings (SSSR count). The standard InChI is InChI=1S/C15H25N3/c16-13(12-6-2-1-3-7-12)10-18-11-17-14-8-4-5-9-15(14)18/h11-13H,1-10,16H2. The van der Waals surface area contributed by atoms with Crippen molar-refractivity contribution in [2.75, 3.05) is 0 Å². The highest BCUT2D eigenvalue weighted by atomic mass is 15.1. The van der Waals surface area contributed by atoms with Crippen LogP contribution < -0.4 is 5.73 Å². The Morgan fingerprint density at radius 1 is 1.17 bits per heavy atom. The normalized spacial score (nSPS) is 22.7. The fraction of sp³-hybridized carbons (Fsp3) is 0.800. The number of rotatable bonds is 3. The van der Waals surface area contributed by atoms with Crippen molar-refractivity contribution in [1.82, 2.24) is 9.55 Å². The lowest BCUT2D eigenvalue weighted by Gasteiger charge is -2.28. The number of hydrogen-bond acceptors (Lipinski definition) is 2. The third-order valence-electron chi connectivity index (χ3n) is 4.77. The van der Waals surface area contributed by atoms with Gasteiger partial charge in [0, 0.05) is 18.3 Å². The summed E-state index contributed by atoms with van der Waals surface area (Å²) in [6, 6.07) is 0.325. The molecular formula is C15H25N3. The summed E-state index contributed by atoms with van der Waals surface area (Å²) < 4.78 is 2.34. The minimum absolute atomic E-state index is 0.325. The molecule has 1 aromatic rings. The van der Waals surface area contributed by atoms with Gasteiger partial charge in [-0.1, -0.05) is 19.3 Å². The second kappa shape index (κ2) is 5.43. The molecule has 1 fully saturated rings. The quantitative estimate of drug-likeness (QED) is 0.892. The maximum Gasteiger partial charge on any atom is 0.0952 e. The van der Waals surface area contributed by atoms with Gasteiger partial charge in [0.05, 0.1) is 12.0 Å². The van der Waals surface area contributed by atoms with Crippen molar-refractivity contribution in [3.63, 3.8) is 0 Å². The van der Waals surface area contributed by atoms with Crippen molar-refractivity contribution < 1.29 is 0 Å². The Morgan fingerprint density at radius 2 is 1.94 bits per heavy atom. The molecule has 2 aliphatic carbocycles. The molecule has 100 valence electrons. The van der Waals surface area contributed by atoms with Crippen LogP contribution in [0.5, 0.6) is 0 Å². The average molecular weight is 247 g/mol. The first kappa shape index (κ1) is 12.2. The Balaban J connectivity index is 1.66.